The number of benzene rings is 1. The van der Waals surface area contributed by atoms with Crippen molar-refractivity contribution in [3.63, 3.8) is 0 Å². The maximum absolute atomic E-state index is 6.98. The van der Waals surface area contributed by atoms with Gasteiger partial charge in [-0.2, -0.15) is 0 Å². The molecule has 0 saturated heterocycles. The minimum absolute atomic E-state index is 0.180. The third-order valence-electron chi connectivity index (χ3n) is 0.375. The molecule has 1 rings (SSSR count). The van der Waals surface area contributed by atoms with Crippen molar-refractivity contribution in [2.75, 3.05) is 0 Å². The highest BCUT2D eigenvalue weighted by Gasteiger charge is 1.59. The van der Waals surface area contributed by atoms with Crippen molar-refractivity contribution in [3.8, 4) is 0 Å². The van der Waals surface area contributed by atoms with E-state index in [1.807, 2.05) is 0 Å². The molecule has 0 atom stereocenters. The average molecular weight is 80.1 g/mol. The summed E-state index contributed by atoms with van der Waals surface area (Å²) in [6, 6.07) is 3.75. The van der Waals surface area contributed by atoms with Crippen LogP contribution in [0.3, 0.4) is 0 Å². The molecule has 2 radical (unpaired) electrons. The molecule has 0 heterocycles. The van der Waals surface area contributed by atoms with Crippen molar-refractivity contribution >= 4 is 0 Å². The second kappa shape index (κ2) is 1.61. The molecule has 0 nitrogen and oxygen atoms in total. The summed E-state index contributed by atoms with van der Waals surface area (Å²) in [5, 5.41) is 0. The van der Waals surface area contributed by atoms with Crippen LogP contribution < -0.4 is 0 Å². The zero-order chi connectivity index (χ0) is 7.72. The first-order valence-electron chi connectivity index (χ1n) is 3.50. The van der Waals surface area contributed by atoms with Gasteiger partial charge >= 0.3 is 0 Å². The SMILES string of the molecule is [2H]c1[c]c([2H])c([2H])[c]c1[2H]. The fraction of sp³-hybridized carbons (Fsp3) is 0. The van der Waals surface area contributed by atoms with E-state index in [2.05, 4.69) is 12.1 Å². The maximum atomic E-state index is 6.98. The molecule has 0 aliphatic carbocycles. The number of hydrogen-bond acceptors (Lipinski definition) is 0. The van der Waals surface area contributed by atoms with E-state index in [9.17, 15) is 0 Å². The van der Waals surface area contributed by atoms with Gasteiger partial charge in [0, 0.05) is 0 Å². The van der Waals surface area contributed by atoms with E-state index in [1.54, 1.807) is 0 Å². The lowest BCUT2D eigenvalue weighted by Gasteiger charge is -1.67. The van der Waals surface area contributed by atoms with E-state index in [1.165, 1.54) is 0 Å². The summed E-state index contributed by atoms with van der Waals surface area (Å²) in [6.45, 7) is 0. The summed E-state index contributed by atoms with van der Waals surface area (Å²) in [4.78, 5) is 0. The Labute approximate surface area is 43.1 Å². The molecular weight excluding hydrogens is 72.1 g/mol. The Kier molecular flexibility index (Phi) is 0.293. The second-order valence-electron chi connectivity index (χ2n) is 0.750. The molecule has 0 aliphatic rings. The van der Waals surface area contributed by atoms with Crippen LogP contribution in [0, 0.1) is 12.1 Å². The summed E-state index contributed by atoms with van der Waals surface area (Å²) in [5.41, 5.74) is 0. The monoisotopic (exact) mass is 80.1 g/mol. The third kappa shape index (κ3) is 0.582. The van der Waals surface area contributed by atoms with Gasteiger partial charge < -0.3 is 0 Å². The molecule has 0 unspecified atom stereocenters. The molecular formula is C6H4. The van der Waals surface area contributed by atoms with Gasteiger partial charge in [-0.3, -0.25) is 0 Å². The molecule has 1 aromatic rings. The molecule has 6 heavy (non-hydrogen) atoms. The third-order valence-corrected chi connectivity index (χ3v) is 0.375. The van der Waals surface area contributed by atoms with E-state index in [4.69, 9.17) is 5.48 Å². The summed E-state index contributed by atoms with van der Waals surface area (Å²) in [6.07, 6.45) is 0. The van der Waals surface area contributed by atoms with E-state index in [-0.39, 0.29) is 24.2 Å². The lowest BCUT2D eigenvalue weighted by atomic mass is 10.4. The van der Waals surface area contributed by atoms with Crippen molar-refractivity contribution in [1.82, 2.24) is 0 Å². The fourth-order valence-electron chi connectivity index (χ4n) is 0.188. The Hall–Kier alpha value is -0.780. The molecule has 0 bridgehead atoms. The average Bonchev–Trinajstić information content (AvgIpc) is 1.84. The maximum Gasteiger partial charge on any atom is 0.0629 e. The minimum Gasteiger partial charge on any atom is -0.0538 e. The van der Waals surface area contributed by atoms with Gasteiger partial charge in [0.2, 0.25) is 0 Å². The van der Waals surface area contributed by atoms with Gasteiger partial charge in [-0.05, 0) is 12.1 Å². The smallest absolute Gasteiger partial charge is 0.0538 e. The lowest BCUT2D eigenvalue weighted by Crippen LogP contribution is -1.50. The number of rotatable bonds is 0. The molecule has 0 aromatic heterocycles. The van der Waals surface area contributed by atoms with Gasteiger partial charge in [-0.15, -0.1) is 0 Å². The molecule has 0 heteroatoms. The van der Waals surface area contributed by atoms with Gasteiger partial charge in [0.1, 0.15) is 0 Å². The van der Waals surface area contributed by atoms with Gasteiger partial charge in [0.05, 0.1) is 5.48 Å². The molecule has 28 valence electrons. The van der Waals surface area contributed by atoms with Crippen LogP contribution in [0.2, 0.25) is 0 Å². The van der Waals surface area contributed by atoms with Crippen LogP contribution in [-0.2, 0) is 0 Å². The van der Waals surface area contributed by atoms with Crippen molar-refractivity contribution in [2.24, 2.45) is 0 Å². The zero-order valence-electron chi connectivity index (χ0n) is 7.00. The quantitative estimate of drug-likeness (QED) is 0.440. The van der Waals surface area contributed by atoms with Crippen molar-refractivity contribution in [3.05, 3.63) is 36.3 Å². The van der Waals surface area contributed by atoms with Gasteiger partial charge in [-0.25, -0.2) is 0 Å². The van der Waals surface area contributed by atoms with Crippen LogP contribution in [0.5, 0.6) is 0 Å². The van der Waals surface area contributed by atoms with Gasteiger partial charge in [-0.1, -0.05) is 24.2 Å². The second-order valence-corrected chi connectivity index (χ2v) is 0.750. The summed E-state index contributed by atoms with van der Waals surface area (Å²) >= 11 is 0. The predicted molar refractivity (Wildman–Crippen MR) is 24.1 cm³/mol. The van der Waals surface area contributed by atoms with Crippen molar-refractivity contribution < 1.29 is 5.48 Å². The minimum atomic E-state index is -0.180. The Morgan fingerprint density at radius 1 is 1.00 bits per heavy atom. The molecule has 0 saturated carbocycles. The highest BCUT2D eigenvalue weighted by molar-refractivity contribution is 4.95. The molecule has 0 fully saturated rings. The van der Waals surface area contributed by atoms with Crippen LogP contribution in [0.4, 0.5) is 0 Å². The highest BCUT2D eigenvalue weighted by atomic mass is 13.6. The van der Waals surface area contributed by atoms with Crippen LogP contribution in [0.25, 0.3) is 0 Å². The first-order valence-corrected chi connectivity index (χ1v) is 1.50. The van der Waals surface area contributed by atoms with Crippen LogP contribution in [0.15, 0.2) is 24.2 Å². The first-order chi connectivity index (χ1) is 4.61. The largest absolute Gasteiger partial charge is 0.0629 e. The van der Waals surface area contributed by atoms with Gasteiger partial charge in [0.15, 0.2) is 0 Å². The predicted octanol–water partition coefficient (Wildman–Crippen LogP) is 1.29. The number of hydrogen-bond donors (Lipinski definition) is 0. The van der Waals surface area contributed by atoms with E-state index >= 15 is 0 Å². The lowest BCUT2D eigenvalue weighted by molar-refractivity contribution is 1.68. The van der Waals surface area contributed by atoms with E-state index in [0.717, 1.165) is 0 Å². The molecule has 0 aliphatic heterocycles. The van der Waals surface area contributed by atoms with Gasteiger partial charge in [0.25, 0.3) is 0 Å². The van der Waals surface area contributed by atoms with E-state index in [0.29, 0.717) is 0 Å². The molecule has 1 aromatic carbocycles. The Morgan fingerprint density at radius 2 is 1.33 bits per heavy atom. The summed E-state index contributed by atoms with van der Waals surface area (Å²) in [5.74, 6) is 0. The topological polar surface area (TPSA) is 0 Å². The molecule has 0 amide bonds. The Morgan fingerprint density at radius 3 is 1.67 bits per heavy atom. The Balaban J connectivity index is 3.28. The van der Waals surface area contributed by atoms with Crippen molar-refractivity contribution in [1.29, 1.82) is 0 Å². The van der Waals surface area contributed by atoms with E-state index < -0.39 is 0 Å². The standard InChI is InChI=1S/C6H4/c1-2-4-6-5-3-1/h1-2,5-6H/i1D,2D,5D,6D. The summed E-state index contributed by atoms with van der Waals surface area (Å²) < 4.78 is 27.9. The zero-order valence-corrected chi connectivity index (χ0v) is 3.00. The molecule has 0 N–H and O–H groups in total. The van der Waals surface area contributed by atoms with Crippen LogP contribution in [0.1, 0.15) is 5.48 Å². The van der Waals surface area contributed by atoms with Crippen LogP contribution in [-0.4, -0.2) is 0 Å². The first kappa shape index (κ1) is 1.09. The normalized spacial score (nSPS) is 17.3. The molecule has 0 spiro atoms. The fourth-order valence-corrected chi connectivity index (χ4v) is 0.188. The van der Waals surface area contributed by atoms with Crippen molar-refractivity contribution in [2.45, 2.75) is 0 Å². The highest BCUT2D eigenvalue weighted by Crippen LogP contribution is 1.77. The van der Waals surface area contributed by atoms with Crippen LogP contribution >= 0.6 is 0 Å². The Bertz CT molecular complexity index is 206. The summed E-state index contributed by atoms with van der Waals surface area (Å²) in [7, 11) is 0.